The van der Waals surface area contributed by atoms with Crippen molar-refractivity contribution in [2.45, 2.75) is 38.6 Å². The normalized spacial score (nSPS) is 16.3. The van der Waals surface area contributed by atoms with Crippen molar-refractivity contribution in [2.24, 2.45) is 11.7 Å². The standard InChI is InChI=1S/C21H29N5O/c22-9-1-2-11-25-12-7-17(8-13-25)15-20-24-19-6-3-10-23-21(19)26(20)16-18-5-4-14-27-18/h3-6,10,14,17H,1-2,7-9,11-13,15-16,22H2. The topological polar surface area (TPSA) is 73.1 Å². The summed E-state index contributed by atoms with van der Waals surface area (Å²) >= 11 is 0. The van der Waals surface area contributed by atoms with E-state index in [0.29, 0.717) is 12.5 Å². The molecule has 3 aromatic rings. The van der Waals surface area contributed by atoms with E-state index in [1.165, 1.54) is 38.9 Å². The molecule has 1 aliphatic rings. The molecular weight excluding hydrogens is 338 g/mol. The summed E-state index contributed by atoms with van der Waals surface area (Å²) in [5.41, 5.74) is 7.52. The van der Waals surface area contributed by atoms with E-state index in [9.17, 15) is 0 Å². The number of nitrogens with two attached hydrogens (primary N) is 1. The van der Waals surface area contributed by atoms with Crippen molar-refractivity contribution in [1.29, 1.82) is 0 Å². The highest BCUT2D eigenvalue weighted by Crippen LogP contribution is 2.24. The summed E-state index contributed by atoms with van der Waals surface area (Å²) in [5.74, 6) is 2.75. The van der Waals surface area contributed by atoms with E-state index in [0.717, 1.165) is 42.1 Å². The van der Waals surface area contributed by atoms with Crippen molar-refractivity contribution >= 4 is 11.2 Å². The lowest BCUT2D eigenvalue weighted by molar-refractivity contribution is 0.180. The number of aromatic nitrogens is 3. The van der Waals surface area contributed by atoms with Crippen molar-refractivity contribution in [3.8, 4) is 0 Å². The number of hydrogen-bond acceptors (Lipinski definition) is 5. The van der Waals surface area contributed by atoms with Crippen LogP contribution in [0.1, 0.15) is 37.3 Å². The predicted molar refractivity (Wildman–Crippen MR) is 106 cm³/mol. The Labute approximate surface area is 160 Å². The minimum absolute atomic E-state index is 0.683. The number of piperidine rings is 1. The van der Waals surface area contributed by atoms with Crippen LogP contribution in [0.15, 0.2) is 41.1 Å². The van der Waals surface area contributed by atoms with Gasteiger partial charge in [-0.2, -0.15) is 0 Å². The van der Waals surface area contributed by atoms with Crippen LogP contribution in [0.3, 0.4) is 0 Å². The molecule has 0 aromatic carbocycles. The van der Waals surface area contributed by atoms with Crippen LogP contribution >= 0.6 is 0 Å². The summed E-state index contributed by atoms with van der Waals surface area (Å²) in [5, 5.41) is 0. The minimum Gasteiger partial charge on any atom is -0.467 e. The zero-order valence-corrected chi connectivity index (χ0v) is 15.9. The molecule has 0 unspecified atom stereocenters. The predicted octanol–water partition coefficient (Wildman–Crippen LogP) is 3.07. The van der Waals surface area contributed by atoms with Gasteiger partial charge < -0.3 is 19.6 Å². The van der Waals surface area contributed by atoms with Crippen LogP contribution in [0.2, 0.25) is 0 Å². The Balaban J connectivity index is 1.44. The number of unbranched alkanes of at least 4 members (excludes halogenated alkanes) is 1. The van der Waals surface area contributed by atoms with Gasteiger partial charge in [-0.05, 0) is 82.0 Å². The van der Waals surface area contributed by atoms with E-state index in [-0.39, 0.29) is 0 Å². The van der Waals surface area contributed by atoms with Gasteiger partial charge in [0.15, 0.2) is 5.65 Å². The Morgan fingerprint density at radius 2 is 2.04 bits per heavy atom. The second kappa shape index (κ2) is 8.67. The number of hydrogen-bond donors (Lipinski definition) is 1. The number of rotatable bonds is 8. The average molecular weight is 367 g/mol. The molecule has 0 saturated carbocycles. The summed E-state index contributed by atoms with van der Waals surface area (Å²) < 4.78 is 7.79. The number of nitrogens with zero attached hydrogens (tertiary/aromatic N) is 4. The lowest BCUT2D eigenvalue weighted by Gasteiger charge is -2.31. The van der Waals surface area contributed by atoms with Crippen LogP contribution in [0.4, 0.5) is 0 Å². The third-order valence-electron chi connectivity index (χ3n) is 5.58. The van der Waals surface area contributed by atoms with Crippen molar-refractivity contribution in [2.75, 3.05) is 26.2 Å². The maximum atomic E-state index is 5.61. The van der Waals surface area contributed by atoms with Gasteiger partial charge >= 0.3 is 0 Å². The Morgan fingerprint density at radius 3 is 2.81 bits per heavy atom. The van der Waals surface area contributed by atoms with Crippen molar-refractivity contribution in [1.82, 2.24) is 19.4 Å². The molecule has 144 valence electrons. The van der Waals surface area contributed by atoms with Crippen LogP contribution in [0.5, 0.6) is 0 Å². The largest absolute Gasteiger partial charge is 0.467 e. The lowest BCUT2D eigenvalue weighted by atomic mass is 9.93. The molecule has 1 saturated heterocycles. The fourth-order valence-electron chi connectivity index (χ4n) is 4.04. The third-order valence-corrected chi connectivity index (χ3v) is 5.58. The fourth-order valence-corrected chi connectivity index (χ4v) is 4.04. The molecule has 4 heterocycles. The first-order chi connectivity index (χ1) is 13.3. The number of pyridine rings is 1. The van der Waals surface area contributed by atoms with Crippen molar-refractivity contribution in [3.63, 3.8) is 0 Å². The molecule has 0 atom stereocenters. The quantitative estimate of drug-likeness (QED) is 0.620. The van der Waals surface area contributed by atoms with E-state index in [1.54, 1.807) is 6.26 Å². The molecule has 27 heavy (non-hydrogen) atoms. The molecule has 1 aliphatic heterocycles. The Bertz CT molecular complexity index is 834. The van der Waals surface area contributed by atoms with E-state index in [1.807, 2.05) is 30.5 Å². The SMILES string of the molecule is NCCCCN1CCC(Cc2nc3cccnc3n2Cc2ccco2)CC1. The molecule has 0 spiro atoms. The highest BCUT2D eigenvalue weighted by Gasteiger charge is 2.22. The van der Waals surface area contributed by atoms with E-state index >= 15 is 0 Å². The first-order valence-corrected chi connectivity index (χ1v) is 10.1. The average Bonchev–Trinajstić information content (AvgIpc) is 3.32. The molecule has 6 nitrogen and oxygen atoms in total. The van der Waals surface area contributed by atoms with Gasteiger partial charge in [0.2, 0.25) is 0 Å². The highest BCUT2D eigenvalue weighted by atomic mass is 16.3. The zero-order valence-electron chi connectivity index (χ0n) is 15.9. The molecular formula is C21H29N5O. The van der Waals surface area contributed by atoms with E-state index < -0.39 is 0 Å². The van der Waals surface area contributed by atoms with Gasteiger partial charge in [0.1, 0.15) is 17.1 Å². The summed E-state index contributed by atoms with van der Waals surface area (Å²) in [6, 6.07) is 7.95. The van der Waals surface area contributed by atoms with Gasteiger partial charge in [0, 0.05) is 12.6 Å². The molecule has 2 N–H and O–H groups in total. The maximum Gasteiger partial charge on any atom is 0.160 e. The van der Waals surface area contributed by atoms with Crippen LogP contribution in [-0.2, 0) is 13.0 Å². The maximum absolute atomic E-state index is 5.61. The van der Waals surface area contributed by atoms with Gasteiger partial charge in [-0.15, -0.1) is 0 Å². The lowest BCUT2D eigenvalue weighted by Crippen LogP contribution is -2.35. The van der Waals surface area contributed by atoms with Crippen LogP contribution in [-0.4, -0.2) is 45.6 Å². The van der Waals surface area contributed by atoms with Gasteiger partial charge in [-0.1, -0.05) is 0 Å². The Hall–Kier alpha value is -2.18. The summed E-state index contributed by atoms with van der Waals surface area (Å²) in [7, 11) is 0. The fraction of sp³-hybridized carbons (Fsp3) is 0.524. The van der Waals surface area contributed by atoms with E-state index in [4.69, 9.17) is 15.1 Å². The summed E-state index contributed by atoms with van der Waals surface area (Å²) in [6.45, 7) is 5.05. The number of imidazole rings is 1. The highest BCUT2D eigenvalue weighted by molar-refractivity contribution is 5.71. The second-order valence-electron chi connectivity index (χ2n) is 7.52. The first kappa shape index (κ1) is 18.2. The van der Waals surface area contributed by atoms with Crippen molar-refractivity contribution in [3.05, 3.63) is 48.3 Å². The molecule has 0 radical (unpaired) electrons. The van der Waals surface area contributed by atoms with E-state index in [2.05, 4.69) is 14.5 Å². The Morgan fingerprint density at radius 1 is 1.15 bits per heavy atom. The van der Waals surface area contributed by atoms with Crippen LogP contribution in [0.25, 0.3) is 11.2 Å². The molecule has 0 aliphatic carbocycles. The monoisotopic (exact) mass is 367 g/mol. The number of likely N-dealkylation sites (tertiary alicyclic amines) is 1. The van der Waals surface area contributed by atoms with Gasteiger partial charge in [-0.25, -0.2) is 9.97 Å². The minimum atomic E-state index is 0.683. The molecule has 0 bridgehead atoms. The Kier molecular flexibility index (Phi) is 5.84. The van der Waals surface area contributed by atoms with Gasteiger partial charge in [0.25, 0.3) is 0 Å². The smallest absolute Gasteiger partial charge is 0.160 e. The first-order valence-electron chi connectivity index (χ1n) is 10.1. The molecule has 4 rings (SSSR count). The molecule has 6 heteroatoms. The molecule has 3 aromatic heterocycles. The summed E-state index contributed by atoms with van der Waals surface area (Å²) in [6.07, 6.45) is 9.39. The van der Waals surface area contributed by atoms with Crippen LogP contribution in [0, 0.1) is 5.92 Å². The molecule has 0 amide bonds. The summed E-state index contributed by atoms with van der Waals surface area (Å²) in [4.78, 5) is 12.1. The van der Waals surface area contributed by atoms with Gasteiger partial charge in [-0.3, -0.25) is 0 Å². The van der Waals surface area contributed by atoms with Crippen molar-refractivity contribution < 1.29 is 4.42 Å². The second-order valence-corrected chi connectivity index (χ2v) is 7.52. The molecule has 1 fully saturated rings. The zero-order chi connectivity index (χ0) is 18.5. The third kappa shape index (κ3) is 4.39. The number of furan rings is 1. The van der Waals surface area contributed by atoms with Crippen LogP contribution < -0.4 is 5.73 Å². The number of fused-ring (bicyclic) bond motifs is 1. The van der Waals surface area contributed by atoms with Gasteiger partial charge in [0.05, 0.1) is 12.8 Å².